The minimum absolute atomic E-state index is 0.357. The van der Waals surface area contributed by atoms with Gasteiger partial charge in [-0.1, -0.05) is 108 Å². The predicted molar refractivity (Wildman–Crippen MR) is 354 cm³/mol. The maximum Gasteiger partial charge on any atom is 0.407 e. The number of nitrogens with two attached hydrogens (primary N) is 1. The fourth-order valence-corrected chi connectivity index (χ4v) is 13.0. The molecule has 12 rings (SSSR count). The smallest absolute Gasteiger partial charge is 0.407 e. The van der Waals surface area contributed by atoms with Gasteiger partial charge in [0.15, 0.2) is 0 Å². The lowest BCUT2D eigenvalue weighted by Gasteiger charge is -2.20. The van der Waals surface area contributed by atoms with Crippen molar-refractivity contribution in [3.8, 4) is 68.1 Å². The molecular formula is C69H76Cl3N9O7S. The van der Waals surface area contributed by atoms with Gasteiger partial charge in [0.25, 0.3) is 0 Å². The lowest BCUT2D eigenvalue weighted by atomic mass is 10.00. The molecule has 4 N–H and O–H groups in total. The topological polar surface area (TPSA) is 192 Å². The van der Waals surface area contributed by atoms with Gasteiger partial charge >= 0.3 is 6.09 Å². The molecule has 0 fully saturated rings. The average molecular weight is 1280 g/mol. The van der Waals surface area contributed by atoms with Crippen LogP contribution in [0.1, 0.15) is 73.8 Å². The van der Waals surface area contributed by atoms with Gasteiger partial charge in [0.05, 0.1) is 61.7 Å². The Bertz CT molecular complexity index is 4030. The largest absolute Gasteiger partial charge is 0.494 e. The van der Waals surface area contributed by atoms with Crippen LogP contribution in [-0.2, 0) is 53.3 Å². The quantitative estimate of drug-likeness (QED) is 0.0741. The Balaban J connectivity index is 0.000000148. The predicted octanol–water partition coefficient (Wildman–Crippen LogP) is 14.0. The van der Waals surface area contributed by atoms with E-state index in [-0.39, 0.29) is 6.09 Å². The molecule has 3 aromatic heterocycles. The van der Waals surface area contributed by atoms with E-state index < -0.39 is 15.6 Å². The Hall–Kier alpha value is -7.64. The summed E-state index contributed by atoms with van der Waals surface area (Å²) in [5.41, 5.74) is 21.5. The summed E-state index contributed by atoms with van der Waals surface area (Å²) in [5, 5.41) is 19.9. The molecule has 9 aromatic rings. The van der Waals surface area contributed by atoms with Crippen molar-refractivity contribution in [2.24, 2.45) is 23.5 Å². The number of benzene rings is 6. The van der Waals surface area contributed by atoms with Crippen LogP contribution in [0, 0.1) is 17.8 Å². The number of hydrogen-bond donors (Lipinski definition) is 3. The second kappa shape index (κ2) is 28.5. The number of carbonyl (C=O) groups excluding carboxylic acids is 1. The van der Waals surface area contributed by atoms with E-state index in [0.29, 0.717) is 40.9 Å². The van der Waals surface area contributed by atoms with Gasteiger partial charge in [-0.25, -0.2) is 32.0 Å². The third-order valence-corrected chi connectivity index (χ3v) is 17.6. The fourth-order valence-electron chi connectivity index (χ4n) is 12.2. The molecule has 0 aliphatic heterocycles. The monoisotopic (exact) mass is 1280 g/mol. The van der Waals surface area contributed by atoms with E-state index in [1.165, 1.54) is 28.6 Å². The van der Waals surface area contributed by atoms with Crippen LogP contribution in [0.15, 0.2) is 146 Å². The number of aromatic nitrogens is 6. The number of alkyl carbamates (subject to hydrolysis) is 1. The Morgan fingerprint density at radius 3 is 1.16 bits per heavy atom. The number of hydrogen-bond acceptors (Lipinski definition) is 11. The van der Waals surface area contributed by atoms with E-state index in [0.717, 1.165) is 149 Å². The van der Waals surface area contributed by atoms with Crippen LogP contribution in [0.5, 0.6) is 17.2 Å². The van der Waals surface area contributed by atoms with Crippen LogP contribution < -0.4 is 30.0 Å². The summed E-state index contributed by atoms with van der Waals surface area (Å²) < 4.78 is 53.3. The molecule has 3 atom stereocenters. The Morgan fingerprint density at radius 2 is 0.843 bits per heavy atom. The number of nitrogens with zero attached hydrogens (tertiary/aromatic N) is 6. The van der Waals surface area contributed by atoms with Crippen LogP contribution in [0.2, 0.25) is 15.1 Å². The summed E-state index contributed by atoms with van der Waals surface area (Å²) in [6, 6.07) is 47.3. The first-order valence-corrected chi connectivity index (χ1v) is 33.0. The highest BCUT2D eigenvalue weighted by molar-refractivity contribution is 7.88. The van der Waals surface area contributed by atoms with E-state index >= 15 is 0 Å². The second-order valence-corrected chi connectivity index (χ2v) is 26.8. The molecule has 0 saturated heterocycles. The van der Waals surface area contributed by atoms with Crippen molar-refractivity contribution in [3.63, 3.8) is 0 Å². The molecule has 6 aromatic carbocycles. The van der Waals surface area contributed by atoms with Crippen molar-refractivity contribution in [3.05, 3.63) is 194 Å². The zero-order valence-corrected chi connectivity index (χ0v) is 54.3. The number of amides is 1. The van der Waals surface area contributed by atoms with Crippen LogP contribution in [0.4, 0.5) is 4.79 Å². The van der Waals surface area contributed by atoms with Crippen LogP contribution >= 0.6 is 34.8 Å². The number of halogens is 3. The van der Waals surface area contributed by atoms with Crippen molar-refractivity contribution in [2.75, 3.05) is 47.2 Å². The van der Waals surface area contributed by atoms with Gasteiger partial charge in [0, 0.05) is 61.5 Å². The molecule has 3 heterocycles. The normalized spacial score (nSPS) is 15.7. The number of para-hydroxylation sites is 6. The standard InChI is InChI=1S/C26H30ClN3O3.C22H24ClN3O3S.C21H22ClN3O/c1-26(2,3)33-25(31)28-14-13-17-15-20-21(16-17)29-30(22-7-5-6-8-23(22)32-4)24(20)18-9-11-19(27)12-10-18;1-29-21-6-4-3-5-20(21)26-22(16-7-9-17(23)10-8-16)18-13-15(14-19(18)25-26)11-12-24-30(2,27)28;1-26-20-5-3-2-4-19(20)25-21(15-6-8-16(22)9-7-15)17-12-14(10-11-23)13-18(17)24-25/h5-12,17H,13-16H2,1-4H3,(H,28,31);3-10,15,24H,11-14H2,1-2H3;2-9,14H,10-13,23H2,1H3. The molecule has 0 saturated carbocycles. The highest BCUT2D eigenvalue weighted by atomic mass is 35.5. The number of ether oxygens (including phenoxy) is 4. The average Bonchev–Trinajstić information content (AvgIpc) is 1.80. The molecular weight excluding hydrogens is 1210 g/mol. The molecule has 16 nitrogen and oxygen atoms in total. The number of methoxy groups -OCH3 is 3. The molecule has 0 radical (unpaired) electrons. The first-order valence-electron chi connectivity index (χ1n) is 29.9. The molecule has 20 heteroatoms. The summed E-state index contributed by atoms with van der Waals surface area (Å²) in [6.07, 6.45) is 8.93. The Labute approximate surface area is 536 Å². The summed E-state index contributed by atoms with van der Waals surface area (Å²) in [5.74, 6) is 3.68. The van der Waals surface area contributed by atoms with Gasteiger partial charge < -0.3 is 30.0 Å². The number of nitrogens with one attached hydrogen (secondary N) is 2. The van der Waals surface area contributed by atoms with Crippen molar-refractivity contribution in [1.82, 2.24) is 39.4 Å². The van der Waals surface area contributed by atoms with E-state index in [2.05, 4.69) is 22.2 Å². The fraction of sp³-hybridized carbons (Fsp3) is 0.333. The molecule has 89 heavy (non-hydrogen) atoms. The molecule has 0 bridgehead atoms. The molecule has 1 amide bonds. The van der Waals surface area contributed by atoms with Crippen LogP contribution in [-0.4, -0.2) is 96.7 Å². The SMILES string of the molecule is COc1ccccc1-n1nc2c(c1-c1ccc(Cl)cc1)CC(CCN)C2.COc1ccccc1-n1nc2c(c1-c1ccc(Cl)cc1)CC(CCNC(=O)OC(C)(C)C)C2.COc1ccccc1-n1nc2c(c1-c1ccc(Cl)cc1)CC(CCNS(C)(=O)=O)C2. The summed E-state index contributed by atoms with van der Waals surface area (Å²) in [6.45, 7) is 7.32. The third kappa shape index (κ3) is 15.5. The maximum atomic E-state index is 12.0. The summed E-state index contributed by atoms with van der Waals surface area (Å²) in [7, 11) is 1.85. The van der Waals surface area contributed by atoms with Gasteiger partial charge in [-0.05, 0) is 176 Å². The second-order valence-electron chi connectivity index (χ2n) is 23.7. The van der Waals surface area contributed by atoms with Crippen molar-refractivity contribution >= 4 is 50.9 Å². The number of carbonyl (C=O) groups is 1. The van der Waals surface area contributed by atoms with Crippen LogP contribution in [0.3, 0.4) is 0 Å². The lowest BCUT2D eigenvalue weighted by Crippen LogP contribution is -2.33. The van der Waals surface area contributed by atoms with E-state index in [1.807, 2.05) is 168 Å². The minimum Gasteiger partial charge on any atom is -0.494 e. The number of fused-ring (bicyclic) bond motifs is 3. The molecule has 3 unspecified atom stereocenters. The highest BCUT2D eigenvalue weighted by Gasteiger charge is 2.34. The maximum absolute atomic E-state index is 12.0. The van der Waals surface area contributed by atoms with Crippen molar-refractivity contribution in [2.45, 2.75) is 84.2 Å². The molecule has 466 valence electrons. The molecule has 0 spiro atoms. The molecule has 3 aliphatic carbocycles. The van der Waals surface area contributed by atoms with Gasteiger partial charge in [-0.15, -0.1) is 0 Å². The van der Waals surface area contributed by atoms with Gasteiger partial charge in [-0.3, -0.25) is 0 Å². The minimum atomic E-state index is -3.17. The summed E-state index contributed by atoms with van der Waals surface area (Å²) in [4.78, 5) is 12.0. The van der Waals surface area contributed by atoms with Gasteiger partial charge in [0.2, 0.25) is 10.0 Å². The highest BCUT2D eigenvalue weighted by Crippen LogP contribution is 2.43. The van der Waals surface area contributed by atoms with E-state index in [1.54, 1.807) is 21.3 Å². The molecule has 3 aliphatic rings. The van der Waals surface area contributed by atoms with Gasteiger partial charge in [0.1, 0.15) is 39.9 Å². The van der Waals surface area contributed by atoms with Crippen LogP contribution in [0.25, 0.3) is 50.8 Å². The first-order chi connectivity index (χ1) is 42.8. The summed E-state index contributed by atoms with van der Waals surface area (Å²) >= 11 is 18.4. The lowest BCUT2D eigenvalue weighted by molar-refractivity contribution is 0.0525. The zero-order valence-electron chi connectivity index (χ0n) is 51.2. The van der Waals surface area contributed by atoms with E-state index in [4.69, 9.17) is 74.8 Å². The van der Waals surface area contributed by atoms with E-state index in [9.17, 15) is 13.2 Å². The van der Waals surface area contributed by atoms with Gasteiger partial charge in [-0.2, -0.15) is 15.3 Å². The van der Waals surface area contributed by atoms with Crippen molar-refractivity contribution in [1.29, 1.82) is 0 Å². The first kappa shape index (κ1) is 64.3. The number of rotatable bonds is 18. The Kier molecular flexibility index (Phi) is 20.6. The third-order valence-electron chi connectivity index (χ3n) is 16.1. The zero-order chi connectivity index (χ0) is 63.0. The Morgan fingerprint density at radius 1 is 0.517 bits per heavy atom. The number of sulfonamides is 1. The van der Waals surface area contributed by atoms with Crippen molar-refractivity contribution < 1.29 is 32.2 Å².